The number of aliphatic hydroxyl groups is 1. The summed E-state index contributed by atoms with van der Waals surface area (Å²) in [6.45, 7) is 11.8. The van der Waals surface area contributed by atoms with Gasteiger partial charge < -0.3 is 33.8 Å². The lowest BCUT2D eigenvalue weighted by Gasteiger charge is -2.21. The van der Waals surface area contributed by atoms with Crippen LogP contribution in [0.5, 0.6) is 0 Å². The molecule has 0 heterocycles. The zero-order valence-corrected chi connectivity index (χ0v) is 62.5. The van der Waals surface area contributed by atoms with Gasteiger partial charge in [-0.3, -0.25) is 37.3 Å². The monoisotopic (exact) mass is 1370 g/mol. The average Bonchev–Trinajstić information content (AvgIpc) is 1.40. The summed E-state index contributed by atoms with van der Waals surface area (Å²) in [6.07, 6.45) is 50.1. The number of ether oxygens (including phenoxy) is 4. The summed E-state index contributed by atoms with van der Waals surface area (Å²) in [5.41, 5.74) is 0. The molecule has 3 N–H and O–H groups in total. The predicted molar refractivity (Wildman–Crippen MR) is 377 cm³/mol. The van der Waals surface area contributed by atoms with E-state index >= 15 is 0 Å². The van der Waals surface area contributed by atoms with Crippen molar-refractivity contribution in [3.8, 4) is 0 Å². The van der Waals surface area contributed by atoms with E-state index in [-0.39, 0.29) is 25.7 Å². The van der Waals surface area contributed by atoms with Crippen LogP contribution in [-0.4, -0.2) is 96.7 Å². The second-order valence-corrected chi connectivity index (χ2v) is 31.0. The Bertz CT molecular complexity index is 1820. The summed E-state index contributed by atoms with van der Waals surface area (Å²) in [7, 11) is -9.91. The van der Waals surface area contributed by atoms with Crippen molar-refractivity contribution in [2.45, 2.75) is 394 Å². The molecule has 0 rings (SSSR count). The van der Waals surface area contributed by atoms with Crippen molar-refractivity contribution < 1.29 is 80.2 Å². The number of hydrogen-bond donors (Lipinski definition) is 3. The highest BCUT2D eigenvalue weighted by atomic mass is 31.2. The molecule has 2 unspecified atom stereocenters. The van der Waals surface area contributed by atoms with E-state index in [1.165, 1.54) is 180 Å². The minimum absolute atomic E-state index is 0.104. The second kappa shape index (κ2) is 64.7. The first-order chi connectivity index (χ1) is 44.7. The van der Waals surface area contributed by atoms with E-state index in [0.29, 0.717) is 31.6 Å². The summed E-state index contributed by atoms with van der Waals surface area (Å²) in [6, 6.07) is 0. The maximum Gasteiger partial charge on any atom is 0.472 e. The summed E-state index contributed by atoms with van der Waals surface area (Å²) in [5.74, 6) is 0.103. The maximum absolute atomic E-state index is 13.1. The molecule has 0 aromatic carbocycles. The quantitative estimate of drug-likeness (QED) is 0.0222. The van der Waals surface area contributed by atoms with Crippen molar-refractivity contribution in [1.29, 1.82) is 0 Å². The third kappa shape index (κ3) is 68.4. The fraction of sp³-hybridized carbons (Fsp3) is 0.946. The molecule has 552 valence electrons. The number of carbonyl (C=O) groups is 4. The van der Waals surface area contributed by atoms with Gasteiger partial charge in [-0.1, -0.05) is 325 Å². The van der Waals surface area contributed by atoms with Crippen molar-refractivity contribution in [1.82, 2.24) is 0 Å². The Morgan fingerprint density at radius 3 is 0.731 bits per heavy atom. The molecule has 17 nitrogen and oxygen atoms in total. The molecule has 5 atom stereocenters. The Labute approximate surface area is 568 Å². The van der Waals surface area contributed by atoms with Crippen LogP contribution in [0, 0.1) is 17.8 Å². The van der Waals surface area contributed by atoms with Gasteiger partial charge in [0.25, 0.3) is 0 Å². The number of phosphoric ester groups is 2. The molecule has 0 aromatic heterocycles. The number of phosphoric acid groups is 2. The lowest BCUT2D eigenvalue weighted by molar-refractivity contribution is -0.161. The van der Waals surface area contributed by atoms with Gasteiger partial charge in [0.2, 0.25) is 0 Å². The minimum atomic E-state index is -4.96. The van der Waals surface area contributed by atoms with E-state index in [1.807, 2.05) is 0 Å². The average molecular weight is 1370 g/mol. The van der Waals surface area contributed by atoms with Crippen molar-refractivity contribution in [2.24, 2.45) is 17.8 Å². The molecule has 0 aliphatic heterocycles. The lowest BCUT2D eigenvalue weighted by Crippen LogP contribution is -2.30. The number of carbonyl (C=O) groups excluding carboxylic acids is 4. The zero-order valence-electron chi connectivity index (χ0n) is 60.7. The smallest absolute Gasteiger partial charge is 0.462 e. The Morgan fingerprint density at radius 2 is 0.495 bits per heavy atom. The fourth-order valence-electron chi connectivity index (χ4n) is 11.2. The molecule has 0 spiro atoms. The van der Waals surface area contributed by atoms with E-state index in [9.17, 15) is 43.2 Å². The van der Waals surface area contributed by atoms with Crippen LogP contribution in [0.4, 0.5) is 0 Å². The van der Waals surface area contributed by atoms with Crippen LogP contribution in [0.15, 0.2) is 0 Å². The summed E-state index contributed by atoms with van der Waals surface area (Å²) in [5, 5.41) is 10.6. The Balaban J connectivity index is 5.22. The zero-order chi connectivity index (χ0) is 68.7. The van der Waals surface area contributed by atoms with Gasteiger partial charge >= 0.3 is 39.5 Å². The van der Waals surface area contributed by atoms with Crippen LogP contribution in [0.25, 0.3) is 0 Å². The molecule has 0 amide bonds. The Kier molecular flexibility index (Phi) is 63.4. The van der Waals surface area contributed by atoms with Crippen LogP contribution >= 0.6 is 15.6 Å². The molecule has 93 heavy (non-hydrogen) atoms. The van der Waals surface area contributed by atoms with Crippen molar-refractivity contribution in [3.05, 3.63) is 0 Å². The highest BCUT2D eigenvalue weighted by Gasteiger charge is 2.30. The van der Waals surface area contributed by atoms with E-state index in [2.05, 4.69) is 48.5 Å². The van der Waals surface area contributed by atoms with Crippen molar-refractivity contribution in [3.63, 3.8) is 0 Å². The molecular weight excluding hydrogens is 1220 g/mol. The minimum Gasteiger partial charge on any atom is -0.462 e. The fourth-order valence-corrected chi connectivity index (χ4v) is 12.8. The van der Waals surface area contributed by atoms with Crippen LogP contribution in [0.1, 0.15) is 376 Å². The van der Waals surface area contributed by atoms with E-state index in [4.69, 9.17) is 37.0 Å². The molecule has 0 fully saturated rings. The maximum atomic E-state index is 13.1. The molecule has 0 saturated heterocycles. The van der Waals surface area contributed by atoms with Crippen LogP contribution in [-0.2, 0) is 65.4 Å². The first-order valence-corrected chi connectivity index (χ1v) is 41.3. The van der Waals surface area contributed by atoms with Crippen molar-refractivity contribution in [2.75, 3.05) is 39.6 Å². The number of aliphatic hydroxyl groups excluding tert-OH is 1. The van der Waals surface area contributed by atoms with Crippen molar-refractivity contribution >= 4 is 39.5 Å². The molecule has 0 aromatic rings. The first kappa shape index (κ1) is 91.1. The number of unbranched alkanes of at least 4 members (excludes halogenated alkanes) is 40. The molecule has 0 radical (unpaired) electrons. The van der Waals surface area contributed by atoms with Gasteiger partial charge in [-0.2, -0.15) is 0 Å². The molecule has 0 aliphatic rings. The van der Waals surface area contributed by atoms with Gasteiger partial charge in [0, 0.05) is 25.7 Å². The van der Waals surface area contributed by atoms with Crippen LogP contribution < -0.4 is 0 Å². The Hall–Kier alpha value is -1.94. The van der Waals surface area contributed by atoms with Gasteiger partial charge in [-0.15, -0.1) is 0 Å². The third-order valence-corrected chi connectivity index (χ3v) is 19.0. The lowest BCUT2D eigenvalue weighted by atomic mass is 10.0. The highest BCUT2D eigenvalue weighted by molar-refractivity contribution is 7.47. The number of esters is 4. The number of hydrogen-bond acceptors (Lipinski definition) is 15. The molecule has 0 aliphatic carbocycles. The number of rotatable bonds is 72. The summed E-state index contributed by atoms with van der Waals surface area (Å²) < 4.78 is 68.4. The molecule has 0 bridgehead atoms. The summed E-state index contributed by atoms with van der Waals surface area (Å²) >= 11 is 0. The third-order valence-electron chi connectivity index (χ3n) is 17.1. The van der Waals surface area contributed by atoms with Gasteiger partial charge in [0.05, 0.1) is 26.4 Å². The van der Waals surface area contributed by atoms with E-state index in [0.717, 1.165) is 108 Å². The van der Waals surface area contributed by atoms with Gasteiger partial charge in [-0.25, -0.2) is 9.13 Å². The Morgan fingerprint density at radius 1 is 0.290 bits per heavy atom. The van der Waals surface area contributed by atoms with Crippen LogP contribution in [0.2, 0.25) is 0 Å². The normalized spacial score (nSPS) is 14.1. The standard InChI is InChI=1S/C74H144O17P2/c1-8-9-10-11-12-13-14-19-23-28-33-41-48-55-71(76)84-61-69(90-73(78)57-50-43-34-29-24-21-18-16-15-17-20-22-26-31-38-45-52-65(2)3)63-88-92(80,81)86-59-68(75)60-87-93(82,83)89-64-70(62-85-72(77)56-49-42-37-36-40-47-54-67(6)7)91-74(79)58-51-44-35-30-25-27-32-39-46-53-66(4)5/h65-70,75H,8-64H2,1-7H3,(H,80,81)(H,82,83)/t68-,69-,70-/m1/s1. The first-order valence-electron chi connectivity index (χ1n) is 38.3. The van der Waals surface area contributed by atoms with Gasteiger partial charge in [0.1, 0.15) is 19.3 Å². The second-order valence-electron chi connectivity index (χ2n) is 28.1. The SMILES string of the molecule is CCCCCCCCCCCCCCCC(=O)OC[C@H](COP(=O)(O)OC[C@@H](O)COP(=O)(O)OC[C@@H](COC(=O)CCCCCCCCC(C)C)OC(=O)CCCCCCCCCCCC(C)C)OC(=O)CCCCCCCCCCCCCCCCCCC(C)C. The summed E-state index contributed by atoms with van der Waals surface area (Å²) in [4.78, 5) is 72.7. The van der Waals surface area contributed by atoms with Gasteiger partial charge in [-0.05, 0) is 43.4 Å². The predicted octanol–water partition coefficient (Wildman–Crippen LogP) is 21.4. The van der Waals surface area contributed by atoms with Crippen LogP contribution in [0.3, 0.4) is 0 Å². The van der Waals surface area contributed by atoms with Gasteiger partial charge in [0.15, 0.2) is 12.2 Å². The highest BCUT2D eigenvalue weighted by Crippen LogP contribution is 2.45. The molecular formula is C74H144O17P2. The molecule has 19 heteroatoms. The van der Waals surface area contributed by atoms with E-state index < -0.39 is 97.5 Å². The largest absolute Gasteiger partial charge is 0.472 e. The topological polar surface area (TPSA) is 237 Å². The van der Waals surface area contributed by atoms with E-state index in [1.54, 1.807) is 0 Å². The molecule has 0 saturated carbocycles.